The Hall–Kier alpha value is -1.29. The van der Waals surface area contributed by atoms with Gasteiger partial charge >= 0.3 is 5.97 Å². The van der Waals surface area contributed by atoms with Gasteiger partial charge in [-0.05, 0) is 36.1 Å². The van der Waals surface area contributed by atoms with Crippen molar-refractivity contribution in [3.05, 3.63) is 34.3 Å². The second-order valence-corrected chi connectivity index (χ2v) is 6.88. The fraction of sp³-hybridized carbons (Fsp3) is 0.438. The summed E-state index contributed by atoms with van der Waals surface area (Å²) in [6.07, 6.45) is 2.73. The topological polar surface area (TPSA) is 40.5 Å². The number of benzene rings is 1. The predicted octanol–water partition coefficient (Wildman–Crippen LogP) is 4.42. The highest BCUT2D eigenvalue weighted by Crippen LogP contribution is 2.30. The van der Waals surface area contributed by atoms with E-state index in [2.05, 4.69) is 55.6 Å². The van der Waals surface area contributed by atoms with Crippen LogP contribution < -0.4 is 4.90 Å². The third kappa shape index (κ3) is 4.37. The molecular formula is C16H22BrNO2. The van der Waals surface area contributed by atoms with E-state index < -0.39 is 5.97 Å². The summed E-state index contributed by atoms with van der Waals surface area (Å²) in [6, 6.07) is 6.33. The zero-order valence-electron chi connectivity index (χ0n) is 12.6. The highest BCUT2D eigenvalue weighted by Gasteiger charge is 2.24. The monoisotopic (exact) mass is 339 g/mol. The Bertz CT molecular complexity index is 518. The second-order valence-electron chi connectivity index (χ2n) is 6.03. The molecule has 1 aromatic rings. The third-order valence-corrected chi connectivity index (χ3v) is 4.32. The van der Waals surface area contributed by atoms with Crippen molar-refractivity contribution >= 4 is 33.7 Å². The van der Waals surface area contributed by atoms with Crippen LogP contribution in [0.5, 0.6) is 0 Å². The van der Waals surface area contributed by atoms with Crippen LogP contribution in [0, 0.1) is 5.41 Å². The van der Waals surface area contributed by atoms with Crippen LogP contribution >= 0.6 is 15.9 Å². The molecule has 0 aromatic heterocycles. The van der Waals surface area contributed by atoms with E-state index >= 15 is 0 Å². The standard InChI is InChI=1S/C16H22BrNO2/c1-11(16(2,3)4)18(5)13-8-6-12(14(17)10-13)7-9-15(19)20/h6-11H,1-5H3,(H,19,20)/b9-7+. The number of aliphatic carboxylic acids is 1. The fourth-order valence-corrected chi connectivity index (χ4v) is 2.34. The van der Waals surface area contributed by atoms with Crippen molar-refractivity contribution in [2.24, 2.45) is 5.41 Å². The van der Waals surface area contributed by atoms with Gasteiger partial charge in [0.25, 0.3) is 0 Å². The van der Waals surface area contributed by atoms with Crippen LogP contribution in [0.1, 0.15) is 33.3 Å². The molecule has 0 heterocycles. The molecule has 0 radical (unpaired) electrons. The van der Waals surface area contributed by atoms with Crippen molar-refractivity contribution in [1.29, 1.82) is 0 Å². The van der Waals surface area contributed by atoms with Crippen molar-refractivity contribution < 1.29 is 9.90 Å². The Morgan fingerprint density at radius 2 is 2.00 bits per heavy atom. The van der Waals surface area contributed by atoms with Crippen LogP contribution in [0.4, 0.5) is 5.69 Å². The molecule has 0 fully saturated rings. The average Bonchev–Trinajstić information content (AvgIpc) is 2.34. The van der Waals surface area contributed by atoms with Gasteiger partial charge in [0.2, 0.25) is 0 Å². The minimum Gasteiger partial charge on any atom is -0.478 e. The predicted molar refractivity (Wildman–Crippen MR) is 88.1 cm³/mol. The molecule has 110 valence electrons. The summed E-state index contributed by atoms with van der Waals surface area (Å²) in [6.45, 7) is 8.85. The van der Waals surface area contributed by atoms with Crippen molar-refractivity contribution in [3.8, 4) is 0 Å². The van der Waals surface area contributed by atoms with Crippen LogP contribution in [0.15, 0.2) is 28.7 Å². The lowest BCUT2D eigenvalue weighted by molar-refractivity contribution is -0.131. The Balaban J connectivity index is 3.00. The smallest absolute Gasteiger partial charge is 0.328 e. The Morgan fingerprint density at radius 1 is 1.40 bits per heavy atom. The highest BCUT2D eigenvalue weighted by molar-refractivity contribution is 9.10. The summed E-state index contributed by atoms with van der Waals surface area (Å²) in [5.41, 5.74) is 2.14. The normalized spacial score (nSPS) is 13.5. The molecule has 1 aromatic carbocycles. The molecule has 0 spiro atoms. The van der Waals surface area contributed by atoms with Gasteiger partial charge in [-0.1, -0.05) is 42.8 Å². The molecule has 1 N–H and O–H groups in total. The van der Waals surface area contributed by atoms with Crippen molar-refractivity contribution in [2.45, 2.75) is 33.7 Å². The molecule has 3 nitrogen and oxygen atoms in total. The quantitative estimate of drug-likeness (QED) is 0.825. The Morgan fingerprint density at radius 3 is 2.45 bits per heavy atom. The number of carboxylic acids is 1. The number of carbonyl (C=O) groups is 1. The molecule has 0 saturated heterocycles. The fourth-order valence-electron chi connectivity index (χ4n) is 1.84. The van der Waals surface area contributed by atoms with Gasteiger partial charge in [0.1, 0.15) is 0 Å². The average molecular weight is 340 g/mol. The van der Waals surface area contributed by atoms with Gasteiger partial charge in [0.15, 0.2) is 0 Å². The van der Waals surface area contributed by atoms with E-state index in [1.807, 2.05) is 18.2 Å². The largest absolute Gasteiger partial charge is 0.478 e. The summed E-state index contributed by atoms with van der Waals surface area (Å²) >= 11 is 3.49. The third-order valence-electron chi connectivity index (χ3n) is 3.63. The van der Waals surface area contributed by atoms with Crippen LogP contribution in [-0.4, -0.2) is 24.2 Å². The maximum absolute atomic E-state index is 10.5. The minimum atomic E-state index is -0.945. The van der Waals surface area contributed by atoms with Crippen LogP contribution in [0.2, 0.25) is 0 Å². The first kappa shape index (κ1) is 16.8. The van der Waals surface area contributed by atoms with Gasteiger partial charge < -0.3 is 10.0 Å². The molecule has 0 saturated carbocycles. The van der Waals surface area contributed by atoms with Gasteiger partial charge in [-0.25, -0.2) is 4.79 Å². The molecule has 0 aliphatic carbocycles. The maximum atomic E-state index is 10.5. The summed E-state index contributed by atoms with van der Waals surface area (Å²) < 4.78 is 0.889. The Labute approximate surface area is 129 Å². The lowest BCUT2D eigenvalue weighted by Gasteiger charge is -2.37. The number of halogens is 1. The number of hydrogen-bond donors (Lipinski definition) is 1. The van der Waals surface area contributed by atoms with E-state index in [0.717, 1.165) is 21.8 Å². The van der Waals surface area contributed by atoms with Gasteiger partial charge in [-0.15, -0.1) is 0 Å². The van der Waals surface area contributed by atoms with Gasteiger partial charge in [0, 0.05) is 29.3 Å². The molecule has 0 aliphatic heterocycles. The number of anilines is 1. The molecule has 1 unspecified atom stereocenters. The van der Waals surface area contributed by atoms with Crippen LogP contribution in [0.3, 0.4) is 0 Å². The van der Waals surface area contributed by atoms with Crippen LogP contribution in [0.25, 0.3) is 6.08 Å². The summed E-state index contributed by atoms with van der Waals surface area (Å²) in [5, 5.41) is 8.66. The number of rotatable bonds is 4. The molecule has 4 heteroatoms. The van der Waals surface area contributed by atoms with Crippen LogP contribution in [-0.2, 0) is 4.79 Å². The van der Waals surface area contributed by atoms with Crippen molar-refractivity contribution in [1.82, 2.24) is 0 Å². The van der Waals surface area contributed by atoms with E-state index in [1.165, 1.54) is 0 Å². The van der Waals surface area contributed by atoms with E-state index in [0.29, 0.717) is 6.04 Å². The lowest BCUT2D eigenvalue weighted by atomic mass is 9.87. The van der Waals surface area contributed by atoms with E-state index in [1.54, 1.807) is 6.08 Å². The van der Waals surface area contributed by atoms with Crippen molar-refractivity contribution in [3.63, 3.8) is 0 Å². The number of nitrogens with zero attached hydrogens (tertiary/aromatic N) is 1. The SMILES string of the molecule is CC(N(C)c1ccc(/C=C/C(=O)O)c(Br)c1)C(C)(C)C. The second kappa shape index (κ2) is 6.44. The first-order valence-electron chi connectivity index (χ1n) is 6.56. The molecule has 0 amide bonds. The van der Waals surface area contributed by atoms with Gasteiger partial charge in [0.05, 0.1) is 0 Å². The number of carboxylic acid groups (broad SMARTS) is 1. The molecule has 20 heavy (non-hydrogen) atoms. The maximum Gasteiger partial charge on any atom is 0.328 e. The zero-order valence-corrected chi connectivity index (χ0v) is 14.2. The molecular weight excluding hydrogens is 318 g/mol. The molecule has 0 aliphatic rings. The first-order valence-corrected chi connectivity index (χ1v) is 7.35. The van der Waals surface area contributed by atoms with E-state index in [9.17, 15) is 4.79 Å². The van der Waals surface area contributed by atoms with Gasteiger partial charge in [-0.3, -0.25) is 0 Å². The first-order chi connectivity index (χ1) is 9.12. The summed E-state index contributed by atoms with van der Waals surface area (Å²) in [7, 11) is 2.07. The molecule has 1 rings (SSSR count). The summed E-state index contributed by atoms with van der Waals surface area (Å²) in [5.74, 6) is -0.945. The Kier molecular flexibility index (Phi) is 5.40. The zero-order chi connectivity index (χ0) is 15.5. The lowest BCUT2D eigenvalue weighted by Crippen LogP contribution is -2.39. The van der Waals surface area contributed by atoms with E-state index in [-0.39, 0.29) is 5.41 Å². The highest BCUT2D eigenvalue weighted by atomic mass is 79.9. The summed E-state index contributed by atoms with van der Waals surface area (Å²) in [4.78, 5) is 12.8. The molecule has 1 atom stereocenters. The minimum absolute atomic E-state index is 0.184. The molecule has 0 bridgehead atoms. The van der Waals surface area contributed by atoms with E-state index in [4.69, 9.17) is 5.11 Å². The number of hydrogen-bond acceptors (Lipinski definition) is 2. The van der Waals surface area contributed by atoms with Gasteiger partial charge in [-0.2, -0.15) is 0 Å². The van der Waals surface area contributed by atoms with Crippen molar-refractivity contribution in [2.75, 3.05) is 11.9 Å².